The maximum atomic E-state index is 15.3. The summed E-state index contributed by atoms with van der Waals surface area (Å²) in [6, 6.07) is 4.45. The molecule has 1 saturated carbocycles. The fourth-order valence-corrected chi connectivity index (χ4v) is 5.88. The SMILES string of the molecule is C=C/C(F)=C(/Cc1c(C)c(-c2cccc(OC)c2F)c(=O)n2c1SCC2CNCC1CC1)C(=C)F. The van der Waals surface area contributed by atoms with Gasteiger partial charge in [0, 0.05) is 29.9 Å². The van der Waals surface area contributed by atoms with Crippen LogP contribution in [0.3, 0.4) is 0 Å². The van der Waals surface area contributed by atoms with E-state index in [1.54, 1.807) is 17.6 Å². The number of thioether (sulfide) groups is 1. The lowest BCUT2D eigenvalue weighted by molar-refractivity contribution is 0.387. The molecule has 1 aromatic heterocycles. The van der Waals surface area contributed by atoms with Crippen LogP contribution in [0.1, 0.15) is 30.0 Å². The third-order valence-electron chi connectivity index (χ3n) is 6.63. The van der Waals surface area contributed by atoms with E-state index < -0.39 is 17.5 Å². The normalized spacial score (nSPS) is 17.7. The fraction of sp³-hybridized carbons (Fsp3) is 0.370. The van der Waals surface area contributed by atoms with Crippen molar-refractivity contribution in [2.75, 3.05) is 26.0 Å². The van der Waals surface area contributed by atoms with Gasteiger partial charge in [-0.3, -0.25) is 9.36 Å². The number of allylic oxidation sites excluding steroid dienone is 4. The summed E-state index contributed by atoms with van der Waals surface area (Å²) in [6.07, 6.45) is 3.22. The number of hydrogen-bond acceptors (Lipinski definition) is 4. The van der Waals surface area contributed by atoms with Crippen LogP contribution in [0.15, 0.2) is 64.5 Å². The van der Waals surface area contributed by atoms with E-state index >= 15 is 4.39 Å². The smallest absolute Gasteiger partial charge is 0.260 e. The van der Waals surface area contributed by atoms with Crippen LogP contribution in [0.4, 0.5) is 13.2 Å². The van der Waals surface area contributed by atoms with Gasteiger partial charge in [0.25, 0.3) is 5.56 Å². The second-order valence-electron chi connectivity index (χ2n) is 8.96. The van der Waals surface area contributed by atoms with E-state index in [4.69, 9.17) is 4.74 Å². The molecule has 2 heterocycles. The molecule has 0 radical (unpaired) electrons. The van der Waals surface area contributed by atoms with E-state index in [0.717, 1.165) is 12.6 Å². The zero-order chi connectivity index (χ0) is 25.3. The van der Waals surface area contributed by atoms with Crippen LogP contribution in [0.2, 0.25) is 0 Å². The molecule has 0 amide bonds. The minimum atomic E-state index is -0.911. The first-order valence-corrected chi connectivity index (χ1v) is 12.6. The van der Waals surface area contributed by atoms with Gasteiger partial charge in [0.2, 0.25) is 0 Å². The number of nitrogens with zero attached hydrogens (tertiary/aromatic N) is 1. The number of fused-ring (bicyclic) bond motifs is 1. The monoisotopic (exact) mass is 502 g/mol. The molecule has 1 unspecified atom stereocenters. The van der Waals surface area contributed by atoms with E-state index in [2.05, 4.69) is 18.5 Å². The lowest BCUT2D eigenvalue weighted by Crippen LogP contribution is -2.34. The number of halogens is 3. The summed E-state index contributed by atoms with van der Waals surface area (Å²) in [5, 5.41) is 4.09. The van der Waals surface area contributed by atoms with E-state index in [9.17, 15) is 13.6 Å². The molecule has 1 aliphatic carbocycles. The minimum absolute atomic E-state index is 0.0146. The number of pyridine rings is 1. The molecule has 1 aliphatic heterocycles. The molecule has 35 heavy (non-hydrogen) atoms. The van der Waals surface area contributed by atoms with Gasteiger partial charge >= 0.3 is 0 Å². The molecule has 186 valence electrons. The molecule has 4 nitrogen and oxygen atoms in total. The first kappa shape index (κ1) is 25.4. The summed E-state index contributed by atoms with van der Waals surface area (Å²) in [7, 11) is 1.36. The molecule has 2 aromatic rings. The maximum Gasteiger partial charge on any atom is 0.260 e. The Morgan fingerprint density at radius 3 is 2.69 bits per heavy atom. The quantitative estimate of drug-likeness (QED) is 0.402. The van der Waals surface area contributed by atoms with Crippen LogP contribution in [-0.4, -0.2) is 30.5 Å². The standard InChI is InChI=1S/C27H29F3N2O2S/c1-5-22(29)21(16(3)28)11-20-15(2)24(19-7-6-8-23(34-4)25(19)30)26(33)32-18(14-35-27(20)32)13-31-12-17-9-10-17/h5-8,17-18,31H,1,3,9-14H2,2,4H3/b22-21+. The number of benzene rings is 1. The zero-order valence-electron chi connectivity index (χ0n) is 19.9. The molecule has 0 bridgehead atoms. The van der Waals surface area contributed by atoms with Gasteiger partial charge in [-0.25, -0.2) is 13.2 Å². The summed E-state index contributed by atoms with van der Waals surface area (Å²) in [5.74, 6) is -1.06. The van der Waals surface area contributed by atoms with Gasteiger partial charge in [0.15, 0.2) is 11.6 Å². The molecule has 0 spiro atoms. The van der Waals surface area contributed by atoms with Crippen molar-refractivity contribution in [1.29, 1.82) is 0 Å². The Labute approximate surface area is 207 Å². The van der Waals surface area contributed by atoms with Gasteiger partial charge < -0.3 is 10.1 Å². The van der Waals surface area contributed by atoms with Crippen molar-refractivity contribution in [2.45, 2.75) is 37.3 Å². The Hall–Kier alpha value is -2.71. The highest BCUT2D eigenvalue weighted by Gasteiger charge is 2.32. The van der Waals surface area contributed by atoms with E-state index in [-0.39, 0.29) is 40.5 Å². The summed E-state index contributed by atoms with van der Waals surface area (Å²) in [6.45, 7) is 9.85. The second-order valence-corrected chi connectivity index (χ2v) is 9.97. The number of methoxy groups -OCH3 is 1. The van der Waals surface area contributed by atoms with Gasteiger partial charge in [-0.1, -0.05) is 25.3 Å². The average Bonchev–Trinajstić information content (AvgIpc) is 3.57. The lowest BCUT2D eigenvalue weighted by Gasteiger charge is -2.21. The highest BCUT2D eigenvalue weighted by Crippen LogP contribution is 2.41. The number of nitrogens with one attached hydrogen (secondary N) is 1. The average molecular weight is 503 g/mol. The Kier molecular flexibility index (Phi) is 7.62. The van der Waals surface area contributed by atoms with E-state index in [1.807, 2.05) is 0 Å². The first-order valence-electron chi connectivity index (χ1n) is 11.6. The van der Waals surface area contributed by atoms with E-state index in [1.165, 1.54) is 43.8 Å². The largest absolute Gasteiger partial charge is 0.494 e. The summed E-state index contributed by atoms with van der Waals surface area (Å²) in [4.78, 5) is 13.8. The zero-order valence-corrected chi connectivity index (χ0v) is 20.7. The van der Waals surface area contributed by atoms with Crippen LogP contribution in [0.25, 0.3) is 11.1 Å². The van der Waals surface area contributed by atoms with Crippen molar-refractivity contribution in [3.05, 3.63) is 82.0 Å². The van der Waals surface area contributed by atoms with Crippen molar-refractivity contribution in [3.63, 3.8) is 0 Å². The highest BCUT2D eigenvalue weighted by molar-refractivity contribution is 7.99. The molecular formula is C27H29F3N2O2S. The topological polar surface area (TPSA) is 43.3 Å². The van der Waals surface area contributed by atoms with Crippen LogP contribution in [-0.2, 0) is 6.42 Å². The molecule has 1 aromatic carbocycles. The predicted molar refractivity (Wildman–Crippen MR) is 135 cm³/mol. The van der Waals surface area contributed by atoms with Gasteiger partial charge in [0.1, 0.15) is 11.7 Å². The molecule has 2 aliphatic rings. The van der Waals surface area contributed by atoms with Crippen LogP contribution < -0.4 is 15.6 Å². The van der Waals surface area contributed by atoms with Gasteiger partial charge in [0.05, 0.1) is 23.7 Å². The molecule has 4 rings (SSSR count). The Bertz CT molecular complexity index is 1260. The van der Waals surface area contributed by atoms with Gasteiger partial charge in [-0.05, 0) is 55.5 Å². The molecule has 1 atom stereocenters. The third kappa shape index (κ3) is 5.00. The van der Waals surface area contributed by atoms with Crippen LogP contribution >= 0.6 is 11.8 Å². The van der Waals surface area contributed by atoms with Crippen molar-refractivity contribution in [1.82, 2.24) is 9.88 Å². The van der Waals surface area contributed by atoms with Crippen LogP contribution in [0.5, 0.6) is 5.75 Å². The molecule has 8 heteroatoms. The lowest BCUT2D eigenvalue weighted by atomic mass is 9.93. The highest BCUT2D eigenvalue weighted by atomic mass is 32.2. The Morgan fingerprint density at radius 1 is 1.31 bits per heavy atom. The van der Waals surface area contributed by atoms with Gasteiger partial charge in [-0.15, -0.1) is 11.8 Å². The summed E-state index contributed by atoms with van der Waals surface area (Å²) < 4.78 is 50.9. The van der Waals surface area contributed by atoms with Gasteiger partial charge in [-0.2, -0.15) is 0 Å². The molecule has 1 fully saturated rings. The molecular weight excluding hydrogens is 473 g/mol. The summed E-state index contributed by atoms with van der Waals surface area (Å²) in [5.41, 5.74) is 0.741. The van der Waals surface area contributed by atoms with Crippen molar-refractivity contribution >= 4 is 11.8 Å². The number of rotatable bonds is 10. The number of aromatic nitrogens is 1. The minimum Gasteiger partial charge on any atom is -0.494 e. The number of hydrogen-bond donors (Lipinski definition) is 1. The number of ether oxygens (including phenoxy) is 1. The fourth-order valence-electron chi connectivity index (χ4n) is 4.49. The van der Waals surface area contributed by atoms with E-state index in [0.29, 0.717) is 34.4 Å². The Balaban J connectivity index is 1.90. The molecule has 0 saturated heterocycles. The van der Waals surface area contributed by atoms with Crippen molar-refractivity contribution in [3.8, 4) is 16.9 Å². The maximum absolute atomic E-state index is 15.3. The van der Waals surface area contributed by atoms with Crippen LogP contribution in [0, 0.1) is 18.7 Å². The predicted octanol–water partition coefficient (Wildman–Crippen LogP) is 6.05. The Morgan fingerprint density at radius 2 is 2.06 bits per heavy atom. The third-order valence-corrected chi connectivity index (χ3v) is 7.89. The second kappa shape index (κ2) is 10.5. The first-order chi connectivity index (χ1) is 16.8. The molecule has 1 N–H and O–H groups in total. The van der Waals surface area contributed by atoms with Crippen molar-refractivity contribution in [2.24, 2.45) is 5.92 Å². The van der Waals surface area contributed by atoms with Crippen molar-refractivity contribution < 1.29 is 17.9 Å². The summed E-state index contributed by atoms with van der Waals surface area (Å²) >= 11 is 1.48.